The van der Waals surface area contributed by atoms with E-state index in [1.165, 1.54) is 19.2 Å². The van der Waals surface area contributed by atoms with Crippen LogP contribution in [-0.2, 0) is 11.2 Å². The highest BCUT2D eigenvalue weighted by Gasteiger charge is 2.38. The normalized spacial score (nSPS) is 13.2. The molecule has 0 spiro atoms. The fourth-order valence-corrected chi connectivity index (χ4v) is 1.76. The number of alkyl halides is 3. The summed E-state index contributed by atoms with van der Waals surface area (Å²) in [5.41, 5.74) is 0.836. The van der Waals surface area contributed by atoms with Crippen molar-refractivity contribution in [2.45, 2.75) is 18.7 Å². The van der Waals surface area contributed by atoms with Crippen LogP contribution in [0.4, 0.5) is 17.6 Å². The molecule has 0 radical (unpaired) electrons. The summed E-state index contributed by atoms with van der Waals surface area (Å²) in [6.07, 6.45) is -6.70. The number of aliphatic hydroxyl groups is 1. The van der Waals surface area contributed by atoms with Crippen LogP contribution in [0, 0.1) is 5.82 Å². The van der Waals surface area contributed by atoms with Gasteiger partial charge in [0.2, 0.25) is 5.91 Å². The van der Waals surface area contributed by atoms with E-state index in [2.05, 4.69) is 5.32 Å². The van der Waals surface area contributed by atoms with E-state index >= 15 is 0 Å². The van der Waals surface area contributed by atoms with Gasteiger partial charge in [0.05, 0.1) is 6.54 Å². The van der Waals surface area contributed by atoms with Gasteiger partial charge in [-0.05, 0) is 31.2 Å². The van der Waals surface area contributed by atoms with E-state index < -0.39 is 24.7 Å². The van der Waals surface area contributed by atoms with Gasteiger partial charge in [-0.25, -0.2) is 4.39 Å². The smallest absolute Gasteiger partial charge is 0.382 e. The number of amides is 1. The largest absolute Gasteiger partial charge is 0.415 e. The average Bonchev–Trinajstić information content (AvgIpc) is 2.39. The molecule has 1 rings (SSSR count). The maximum atomic E-state index is 12.7. The van der Waals surface area contributed by atoms with Gasteiger partial charge < -0.3 is 10.4 Å². The van der Waals surface area contributed by atoms with Gasteiger partial charge in [-0.3, -0.25) is 9.69 Å². The molecule has 0 saturated heterocycles. The van der Waals surface area contributed by atoms with E-state index in [0.29, 0.717) is 13.0 Å². The molecule has 1 aromatic carbocycles. The molecule has 124 valence electrons. The Hall–Kier alpha value is -1.67. The van der Waals surface area contributed by atoms with E-state index in [1.54, 1.807) is 12.1 Å². The molecule has 0 aromatic heterocycles. The molecular formula is C14H18F4N2O2. The van der Waals surface area contributed by atoms with Gasteiger partial charge in [0, 0.05) is 13.1 Å². The van der Waals surface area contributed by atoms with Crippen LogP contribution in [0.15, 0.2) is 24.3 Å². The molecule has 1 amide bonds. The van der Waals surface area contributed by atoms with E-state index in [0.717, 1.165) is 10.5 Å². The molecule has 0 aliphatic rings. The van der Waals surface area contributed by atoms with Gasteiger partial charge in [0.25, 0.3) is 0 Å². The number of halogens is 4. The quantitative estimate of drug-likeness (QED) is 0.745. The minimum Gasteiger partial charge on any atom is -0.382 e. The minimum absolute atomic E-state index is 0.253. The second-order valence-electron chi connectivity index (χ2n) is 4.98. The number of benzene rings is 1. The van der Waals surface area contributed by atoms with Gasteiger partial charge in [-0.2, -0.15) is 13.2 Å². The Kier molecular flexibility index (Phi) is 6.76. The first-order valence-corrected chi connectivity index (χ1v) is 6.63. The molecular weight excluding hydrogens is 304 g/mol. The van der Waals surface area contributed by atoms with Crippen LogP contribution in [0.25, 0.3) is 0 Å². The molecule has 0 aliphatic heterocycles. The van der Waals surface area contributed by atoms with Gasteiger partial charge in [0.1, 0.15) is 5.82 Å². The number of carbonyl (C=O) groups excluding carboxylic acids is 1. The number of rotatable bonds is 7. The number of likely N-dealkylation sites (N-methyl/N-ethyl adjacent to an activating group) is 1. The lowest BCUT2D eigenvalue weighted by molar-refractivity contribution is -0.207. The van der Waals surface area contributed by atoms with Crippen molar-refractivity contribution >= 4 is 5.91 Å². The SMILES string of the molecule is CN(CC(=O)NCCc1ccc(F)cc1)CC(O)C(F)(F)F. The van der Waals surface area contributed by atoms with Crippen molar-refractivity contribution in [3.63, 3.8) is 0 Å². The molecule has 8 heteroatoms. The van der Waals surface area contributed by atoms with Gasteiger partial charge in [-0.15, -0.1) is 0 Å². The van der Waals surface area contributed by atoms with Crippen molar-refractivity contribution in [2.75, 3.05) is 26.7 Å². The number of aliphatic hydroxyl groups excluding tert-OH is 1. The first kappa shape index (κ1) is 18.4. The van der Waals surface area contributed by atoms with Crippen LogP contribution in [0.3, 0.4) is 0 Å². The standard InChI is InChI=1S/C14H18F4N2O2/c1-20(8-12(21)14(16,17)18)9-13(22)19-7-6-10-2-4-11(15)5-3-10/h2-5,12,21H,6-9H2,1H3,(H,19,22). The molecule has 4 nitrogen and oxygen atoms in total. The molecule has 22 heavy (non-hydrogen) atoms. The predicted molar refractivity (Wildman–Crippen MR) is 72.7 cm³/mol. The number of carbonyl (C=O) groups is 1. The van der Waals surface area contributed by atoms with E-state index in [1.807, 2.05) is 0 Å². The number of nitrogens with one attached hydrogen (secondary N) is 1. The highest BCUT2D eigenvalue weighted by atomic mass is 19.4. The Morgan fingerprint density at radius 3 is 2.45 bits per heavy atom. The zero-order valence-electron chi connectivity index (χ0n) is 12.0. The van der Waals surface area contributed by atoms with E-state index in [9.17, 15) is 22.4 Å². The third kappa shape index (κ3) is 6.86. The summed E-state index contributed by atoms with van der Waals surface area (Å²) in [6.45, 7) is -0.633. The Morgan fingerprint density at radius 1 is 1.32 bits per heavy atom. The van der Waals surface area contributed by atoms with Crippen LogP contribution >= 0.6 is 0 Å². The molecule has 1 unspecified atom stereocenters. The fourth-order valence-electron chi connectivity index (χ4n) is 1.76. The Balaban J connectivity index is 2.26. The minimum atomic E-state index is -4.70. The van der Waals surface area contributed by atoms with Crippen molar-refractivity contribution < 1.29 is 27.5 Å². The lowest BCUT2D eigenvalue weighted by atomic mass is 10.1. The van der Waals surface area contributed by atoms with Crippen LogP contribution in [0.2, 0.25) is 0 Å². The van der Waals surface area contributed by atoms with Gasteiger partial charge in [-0.1, -0.05) is 12.1 Å². The van der Waals surface area contributed by atoms with E-state index in [4.69, 9.17) is 5.11 Å². The highest BCUT2D eigenvalue weighted by molar-refractivity contribution is 5.77. The summed E-state index contributed by atoms with van der Waals surface area (Å²) in [5.74, 6) is -0.795. The van der Waals surface area contributed by atoms with Crippen LogP contribution in [0.5, 0.6) is 0 Å². The highest BCUT2D eigenvalue weighted by Crippen LogP contribution is 2.20. The average molecular weight is 322 g/mol. The summed E-state index contributed by atoms with van der Waals surface area (Å²) in [4.78, 5) is 12.6. The molecule has 2 N–H and O–H groups in total. The van der Waals surface area contributed by atoms with Crippen molar-refractivity contribution in [1.29, 1.82) is 0 Å². The number of hydrogen-bond donors (Lipinski definition) is 2. The van der Waals surface area contributed by atoms with Crippen LogP contribution in [0.1, 0.15) is 5.56 Å². The van der Waals surface area contributed by atoms with Crippen molar-refractivity contribution in [1.82, 2.24) is 10.2 Å². The van der Waals surface area contributed by atoms with E-state index in [-0.39, 0.29) is 12.4 Å². The van der Waals surface area contributed by atoms with Crippen molar-refractivity contribution in [3.05, 3.63) is 35.6 Å². The number of nitrogens with zero attached hydrogens (tertiary/aromatic N) is 1. The lowest BCUT2D eigenvalue weighted by Crippen LogP contribution is -2.43. The molecule has 0 aliphatic carbocycles. The maximum Gasteiger partial charge on any atom is 0.415 e. The third-order valence-electron chi connectivity index (χ3n) is 2.93. The topological polar surface area (TPSA) is 52.6 Å². The van der Waals surface area contributed by atoms with Crippen LogP contribution < -0.4 is 5.32 Å². The zero-order valence-corrected chi connectivity index (χ0v) is 12.0. The lowest BCUT2D eigenvalue weighted by Gasteiger charge is -2.21. The second kappa shape index (κ2) is 8.09. The first-order valence-electron chi connectivity index (χ1n) is 6.63. The molecule has 0 heterocycles. The zero-order chi connectivity index (χ0) is 16.8. The monoisotopic (exact) mass is 322 g/mol. The second-order valence-corrected chi connectivity index (χ2v) is 4.98. The number of hydrogen-bond acceptors (Lipinski definition) is 3. The molecule has 1 aromatic rings. The Labute approximate surface area is 125 Å². The molecule has 0 saturated carbocycles. The first-order chi connectivity index (χ1) is 10.2. The Bertz CT molecular complexity index is 477. The summed E-state index contributed by atoms with van der Waals surface area (Å²) in [7, 11) is 1.31. The predicted octanol–water partition coefficient (Wildman–Crippen LogP) is 1.34. The maximum absolute atomic E-state index is 12.7. The molecule has 0 fully saturated rings. The molecule has 1 atom stereocenters. The van der Waals surface area contributed by atoms with Crippen molar-refractivity contribution in [3.8, 4) is 0 Å². The van der Waals surface area contributed by atoms with Gasteiger partial charge in [0.15, 0.2) is 6.10 Å². The third-order valence-corrected chi connectivity index (χ3v) is 2.93. The fraction of sp³-hybridized carbons (Fsp3) is 0.500. The summed E-state index contributed by atoms with van der Waals surface area (Å²) in [5, 5.41) is 11.4. The van der Waals surface area contributed by atoms with Gasteiger partial charge >= 0.3 is 6.18 Å². The summed E-state index contributed by atoms with van der Waals surface area (Å²) in [6, 6.07) is 5.80. The summed E-state index contributed by atoms with van der Waals surface area (Å²) >= 11 is 0. The Morgan fingerprint density at radius 2 is 1.91 bits per heavy atom. The van der Waals surface area contributed by atoms with Crippen LogP contribution in [-0.4, -0.2) is 54.9 Å². The van der Waals surface area contributed by atoms with Crippen molar-refractivity contribution in [2.24, 2.45) is 0 Å². The molecule has 0 bridgehead atoms. The summed E-state index contributed by atoms with van der Waals surface area (Å²) < 4.78 is 49.2.